The first-order valence-electron chi connectivity index (χ1n) is 20.1. The van der Waals surface area contributed by atoms with Crippen LogP contribution in [-0.4, -0.2) is 10.8 Å². The van der Waals surface area contributed by atoms with Crippen LogP contribution in [0.2, 0.25) is 5.02 Å². The number of amides is 1. The second-order valence-electron chi connectivity index (χ2n) is 13.7. The molecule has 0 spiro atoms. The summed E-state index contributed by atoms with van der Waals surface area (Å²) in [6.45, 7) is 4.58. The lowest BCUT2D eigenvalue weighted by Gasteiger charge is -2.15. The number of carbonyl (C=O) groups excluding carboxylic acids is 1. The number of nitrogens with zero attached hydrogens (tertiary/aromatic N) is 1. The largest absolute Gasteiger partial charge is 0.291 e. The minimum Gasteiger partial charge on any atom is -0.291 e. The van der Waals surface area contributed by atoms with E-state index in [1.807, 2.05) is 30.6 Å². The maximum Gasteiger partial charge on any atom is 0.263 e. The predicted octanol–water partition coefficient (Wildman–Crippen LogP) is 15.6. The molecule has 0 fully saturated rings. The molecule has 0 N–H and O–H groups in total. The highest BCUT2D eigenvalue weighted by molar-refractivity contribution is 6.33. The quantitative estimate of drug-likeness (QED) is 0.0690. The molecule has 0 aliphatic rings. The second kappa shape index (κ2) is 33.4. The SMILES string of the molecule is CCCCCCCCCCCCCCCCC=CN(C=CCCCCCCCCCCCCCCCC)C(=O)c1ccccc1Cl. The maximum absolute atomic E-state index is 13.3. The number of unbranched alkanes of at least 4 members (excludes halogenated alkanes) is 28. The van der Waals surface area contributed by atoms with Gasteiger partial charge in [0.15, 0.2) is 0 Å². The van der Waals surface area contributed by atoms with Crippen molar-refractivity contribution in [3.05, 3.63) is 59.4 Å². The van der Waals surface area contributed by atoms with Gasteiger partial charge in [-0.3, -0.25) is 9.69 Å². The molecule has 1 aromatic carbocycles. The fourth-order valence-corrected chi connectivity index (χ4v) is 6.47. The third kappa shape index (κ3) is 25.5. The van der Waals surface area contributed by atoms with Gasteiger partial charge in [0.1, 0.15) is 0 Å². The van der Waals surface area contributed by atoms with Gasteiger partial charge in [-0.15, -0.1) is 0 Å². The van der Waals surface area contributed by atoms with E-state index in [0.29, 0.717) is 10.6 Å². The monoisotopic (exact) mass is 656 g/mol. The van der Waals surface area contributed by atoms with Gasteiger partial charge in [0.05, 0.1) is 10.6 Å². The Balaban J connectivity index is 2.20. The first-order chi connectivity index (χ1) is 22.7. The Morgan fingerprint density at radius 1 is 0.500 bits per heavy atom. The zero-order valence-corrected chi connectivity index (χ0v) is 31.3. The zero-order chi connectivity index (χ0) is 33.2. The summed E-state index contributed by atoms with van der Waals surface area (Å²) in [4.78, 5) is 15.0. The van der Waals surface area contributed by atoms with Gasteiger partial charge in [-0.2, -0.15) is 0 Å². The molecule has 0 atom stereocenters. The number of carbonyl (C=O) groups is 1. The van der Waals surface area contributed by atoms with Crippen LogP contribution in [-0.2, 0) is 0 Å². The summed E-state index contributed by atoms with van der Waals surface area (Å²) >= 11 is 6.37. The Morgan fingerprint density at radius 2 is 0.804 bits per heavy atom. The highest BCUT2D eigenvalue weighted by atomic mass is 35.5. The molecule has 1 amide bonds. The second-order valence-corrected chi connectivity index (χ2v) is 14.1. The molecule has 0 saturated carbocycles. The molecule has 0 heterocycles. The van der Waals surface area contributed by atoms with Crippen LogP contribution in [0.15, 0.2) is 48.8 Å². The van der Waals surface area contributed by atoms with E-state index in [-0.39, 0.29) is 5.91 Å². The molecule has 0 aliphatic carbocycles. The molecular weight excluding hydrogens is 582 g/mol. The molecule has 264 valence electrons. The van der Waals surface area contributed by atoms with E-state index in [0.717, 1.165) is 12.8 Å². The van der Waals surface area contributed by atoms with Crippen molar-refractivity contribution in [2.45, 2.75) is 206 Å². The Hall–Kier alpha value is -1.54. The lowest BCUT2D eigenvalue weighted by atomic mass is 10.0. The summed E-state index contributed by atoms with van der Waals surface area (Å²) in [6, 6.07) is 7.37. The van der Waals surface area contributed by atoms with E-state index in [2.05, 4.69) is 26.0 Å². The summed E-state index contributed by atoms with van der Waals surface area (Å²) in [5, 5.41) is 0.512. The number of hydrogen-bond donors (Lipinski definition) is 0. The summed E-state index contributed by atoms with van der Waals surface area (Å²) < 4.78 is 0. The molecule has 1 rings (SSSR count). The van der Waals surface area contributed by atoms with Gasteiger partial charge < -0.3 is 0 Å². The fourth-order valence-electron chi connectivity index (χ4n) is 6.25. The molecule has 0 unspecified atom stereocenters. The smallest absolute Gasteiger partial charge is 0.263 e. The Kier molecular flexibility index (Phi) is 30.8. The number of benzene rings is 1. The van der Waals surface area contributed by atoms with Crippen LogP contribution in [0.25, 0.3) is 0 Å². The van der Waals surface area contributed by atoms with Crippen molar-refractivity contribution in [2.75, 3.05) is 0 Å². The minimum absolute atomic E-state index is 0.0555. The van der Waals surface area contributed by atoms with Gasteiger partial charge in [-0.1, -0.05) is 217 Å². The van der Waals surface area contributed by atoms with Crippen LogP contribution in [0.5, 0.6) is 0 Å². The van der Waals surface area contributed by atoms with Gasteiger partial charge in [0.25, 0.3) is 5.91 Å². The van der Waals surface area contributed by atoms with Crippen LogP contribution < -0.4 is 0 Å². The van der Waals surface area contributed by atoms with Crippen molar-refractivity contribution in [1.82, 2.24) is 4.90 Å². The average molecular weight is 657 g/mol. The topological polar surface area (TPSA) is 20.3 Å². The summed E-state index contributed by atoms with van der Waals surface area (Å²) in [7, 11) is 0. The van der Waals surface area contributed by atoms with Gasteiger partial charge in [0.2, 0.25) is 0 Å². The van der Waals surface area contributed by atoms with E-state index in [1.54, 1.807) is 11.0 Å². The van der Waals surface area contributed by atoms with Crippen molar-refractivity contribution >= 4 is 17.5 Å². The third-order valence-corrected chi connectivity index (χ3v) is 9.65. The molecule has 0 saturated heterocycles. The number of halogens is 1. The first kappa shape index (κ1) is 42.5. The van der Waals surface area contributed by atoms with Gasteiger partial charge >= 0.3 is 0 Å². The molecule has 46 heavy (non-hydrogen) atoms. The van der Waals surface area contributed by atoms with Crippen LogP contribution in [0.4, 0.5) is 0 Å². The van der Waals surface area contributed by atoms with Crippen molar-refractivity contribution < 1.29 is 4.79 Å². The van der Waals surface area contributed by atoms with Crippen molar-refractivity contribution in [3.63, 3.8) is 0 Å². The molecule has 3 heteroatoms. The third-order valence-electron chi connectivity index (χ3n) is 9.32. The average Bonchev–Trinajstić information content (AvgIpc) is 3.06. The molecule has 0 bridgehead atoms. The van der Waals surface area contributed by atoms with E-state index in [9.17, 15) is 4.79 Å². The lowest BCUT2D eigenvalue weighted by Crippen LogP contribution is -2.20. The molecule has 1 aromatic rings. The minimum atomic E-state index is -0.0555. The highest BCUT2D eigenvalue weighted by Crippen LogP contribution is 2.19. The Labute approximate surface area is 292 Å². The number of rotatable bonds is 33. The molecule has 2 nitrogen and oxygen atoms in total. The Bertz CT molecular complexity index is 820. The van der Waals surface area contributed by atoms with E-state index in [4.69, 9.17) is 11.6 Å². The number of allylic oxidation sites excluding steroid dienone is 2. The molecular formula is C43H74ClNO. The standard InChI is InChI=1S/C43H74ClNO/c1-3-5-7-9-11-13-15-17-19-21-23-25-27-29-31-35-39-45(43(46)41-37-33-34-38-42(41)44)40-36-32-30-28-26-24-22-20-18-16-14-12-10-8-6-4-2/h33-40H,3-32H2,1-2H3. The molecule has 0 aliphatic heterocycles. The van der Waals surface area contributed by atoms with Crippen molar-refractivity contribution in [3.8, 4) is 0 Å². The lowest BCUT2D eigenvalue weighted by molar-refractivity contribution is 0.0869. The summed E-state index contributed by atoms with van der Waals surface area (Å²) in [5.74, 6) is -0.0555. The van der Waals surface area contributed by atoms with E-state index >= 15 is 0 Å². The van der Waals surface area contributed by atoms with Gasteiger partial charge in [-0.05, 0) is 37.8 Å². The number of hydrogen-bond acceptors (Lipinski definition) is 1. The predicted molar refractivity (Wildman–Crippen MR) is 206 cm³/mol. The highest BCUT2D eigenvalue weighted by Gasteiger charge is 2.14. The van der Waals surface area contributed by atoms with Crippen LogP contribution in [0.1, 0.15) is 217 Å². The van der Waals surface area contributed by atoms with E-state index < -0.39 is 0 Å². The summed E-state index contributed by atoms with van der Waals surface area (Å²) in [6.07, 6.45) is 48.8. The van der Waals surface area contributed by atoms with Crippen molar-refractivity contribution in [2.24, 2.45) is 0 Å². The maximum atomic E-state index is 13.3. The van der Waals surface area contributed by atoms with Crippen LogP contribution in [0, 0.1) is 0 Å². The van der Waals surface area contributed by atoms with Gasteiger partial charge in [0, 0.05) is 12.4 Å². The molecule has 0 radical (unpaired) electrons. The molecule has 0 aromatic heterocycles. The Morgan fingerprint density at radius 3 is 1.13 bits per heavy atom. The zero-order valence-electron chi connectivity index (χ0n) is 30.6. The van der Waals surface area contributed by atoms with Crippen LogP contribution >= 0.6 is 11.6 Å². The normalized spacial score (nSPS) is 11.7. The van der Waals surface area contributed by atoms with Gasteiger partial charge in [-0.25, -0.2) is 0 Å². The van der Waals surface area contributed by atoms with Crippen LogP contribution in [0.3, 0.4) is 0 Å². The van der Waals surface area contributed by atoms with Crippen molar-refractivity contribution in [1.29, 1.82) is 0 Å². The summed E-state index contributed by atoms with van der Waals surface area (Å²) in [5.41, 5.74) is 0.562. The first-order valence-corrected chi connectivity index (χ1v) is 20.5. The fraction of sp³-hybridized carbons (Fsp3) is 0.744. The van der Waals surface area contributed by atoms with E-state index in [1.165, 1.54) is 180 Å².